The van der Waals surface area contributed by atoms with Gasteiger partial charge < -0.3 is 19.2 Å². The molecule has 3 aromatic rings. The van der Waals surface area contributed by atoms with Gasteiger partial charge in [0.05, 0.1) is 27.1 Å². The molecule has 0 saturated carbocycles. The molecular weight excluding hydrogens is 418 g/mol. The van der Waals surface area contributed by atoms with Gasteiger partial charge in [-0.1, -0.05) is 11.8 Å². The number of aromatic amines is 1. The van der Waals surface area contributed by atoms with Gasteiger partial charge in [0.25, 0.3) is 5.56 Å². The lowest BCUT2D eigenvalue weighted by atomic mass is 10.1. The molecule has 0 aliphatic carbocycles. The van der Waals surface area contributed by atoms with Crippen LogP contribution in [-0.4, -0.2) is 42.8 Å². The SMILES string of the molecule is COc1ccc(C(=O)CSc2nc(-c3cc(OC)ccc3OC)c(C#N)c(=O)[nH]2)cc1. The second-order valence-corrected chi connectivity index (χ2v) is 7.18. The van der Waals surface area contributed by atoms with Gasteiger partial charge in [-0.05, 0) is 42.5 Å². The lowest BCUT2D eigenvalue weighted by Crippen LogP contribution is -2.15. The molecule has 0 spiro atoms. The Kier molecular flexibility index (Phi) is 6.95. The average Bonchev–Trinajstić information content (AvgIpc) is 2.81. The Morgan fingerprint density at radius 2 is 1.74 bits per heavy atom. The molecule has 2 aromatic carbocycles. The van der Waals surface area contributed by atoms with Crippen LogP contribution in [0, 0.1) is 11.3 Å². The molecule has 8 nitrogen and oxygen atoms in total. The molecule has 0 atom stereocenters. The highest BCUT2D eigenvalue weighted by atomic mass is 32.2. The van der Waals surface area contributed by atoms with Gasteiger partial charge in [0.2, 0.25) is 0 Å². The van der Waals surface area contributed by atoms with Crippen molar-refractivity contribution in [3.05, 3.63) is 63.9 Å². The van der Waals surface area contributed by atoms with Crippen molar-refractivity contribution >= 4 is 17.5 Å². The lowest BCUT2D eigenvalue weighted by Gasteiger charge is -2.12. The second kappa shape index (κ2) is 9.82. The van der Waals surface area contributed by atoms with Gasteiger partial charge in [0, 0.05) is 11.1 Å². The van der Waals surface area contributed by atoms with E-state index >= 15 is 0 Å². The Balaban J connectivity index is 1.93. The number of carbonyl (C=O) groups is 1. The number of H-pyrrole nitrogens is 1. The molecule has 31 heavy (non-hydrogen) atoms. The first-order chi connectivity index (χ1) is 15.0. The van der Waals surface area contributed by atoms with Crippen LogP contribution in [0.5, 0.6) is 17.2 Å². The zero-order valence-corrected chi connectivity index (χ0v) is 17.9. The van der Waals surface area contributed by atoms with Crippen LogP contribution in [0.25, 0.3) is 11.3 Å². The Hall–Kier alpha value is -3.77. The van der Waals surface area contributed by atoms with Crippen LogP contribution in [-0.2, 0) is 0 Å². The summed E-state index contributed by atoms with van der Waals surface area (Å²) < 4.78 is 15.7. The van der Waals surface area contributed by atoms with E-state index in [-0.39, 0.29) is 27.9 Å². The van der Waals surface area contributed by atoms with Gasteiger partial charge in [-0.3, -0.25) is 9.59 Å². The van der Waals surface area contributed by atoms with E-state index in [1.165, 1.54) is 14.2 Å². The highest BCUT2D eigenvalue weighted by Crippen LogP contribution is 2.34. The fourth-order valence-corrected chi connectivity index (χ4v) is 3.57. The van der Waals surface area contributed by atoms with E-state index in [2.05, 4.69) is 9.97 Å². The summed E-state index contributed by atoms with van der Waals surface area (Å²) in [5, 5.41) is 9.71. The summed E-state index contributed by atoms with van der Waals surface area (Å²) in [5.41, 5.74) is 0.349. The van der Waals surface area contributed by atoms with Crippen molar-refractivity contribution in [1.82, 2.24) is 9.97 Å². The minimum absolute atomic E-state index is 0.0514. The van der Waals surface area contributed by atoms with Gasteiger partial charge in [-0.2, -0.15) is 5.26 Å². The molecule has 1 N–H and O–H groups in total. The number of nitrogens with one attached hydrogen (secondary N) is 1. The third-order valence-electron chi connectivity index (χ3n) is 4.42. The van der Waals surface area contributed by atoms with Gasteiger partial charge in [-0.25, -0.2) is 4.98 Å². The number of hydrogen-bond donors (Lipinski definition) is 1. The summed E-state index contributed by atoms with van der Waals surface area (Å²) in [6.07, 6.45) is 0. The van der Waals surface area contributed by atoms with E-state index in [4.69, 9.17) is 14.2 Å². The summed E-state index contributed by atoms with van der Waals surface area (Å²) in [6.45, 7) is 0. The minimum Gasteiger partial charge on any atom is -0.497 e. The molecule has 0 unspecified atom stereocenters. The van der Waals surface area contributed by atoms with Crippen molar-refractivity contribution in [3.63, 3.8) is 0 Å². The summed E-state index contributed by atoms with van der Waals surface area (Å²) in [5.74, 6) is 1.52. The third kappa shape index (κ3) is 4.87. The number of nitrogens with zero attached hydrogens (tertiary/aromatic N) is 2. The molecule has 158 valence electrons. The number of nitriles is 1. The predicted molar refractivity (Wildman–Crippen MR) is 116 cm³/mol. The number of carbonyl (C=O) groups excluding carboxylic acids is 1. The second-order valence-electron chi connectivity index (χ2n) is 6.21. The average molecular weight is 437 g/mol. The van der Waals surface area contributed by atoms with E-state index in [9.17, 15) is 14.9 Å². The first-order valence-electron chi connectivity index (χ1n) is 9.07. The summed E-state index contributed by atoms with van der Waals surface area (Å²) in [4.78, 5) is 32.0. The van der Waals surface area contributed by atoms with E-state index in [0.717, 1.165) is 11.8 Å². The maximum atomic E-state index is 12.5. The molecular formula is C22H19N3O5S. The number of ketones is 1. The highest BCUT2D eigenvalue weighted by molar-refractivity contribution is 7.99. The maximum absolute atomic E-state index is 12.5. The van der Waals surface area contributed by atoms with Crippen LogP contribution in [0.3, 0.4) is 0 Å². The predicted octanol–water partition coefficient (Wildman–Crippen LogP) is 3.31. The topological polar surface area (TPSA) is 114 Å². The lowest BCUT2D eigenvalue weighted by molar-refractivity contribution is 0.102. The molecule has 1 heterocycles. The van der Waals surface area contributed by atoms with Crippen molar-refractivity contribution in [3.8, 4) is 34.6 Å². The van der Waals surface area contributed by atoms with Crippen molar-refractivity contribution in [1.29, 1.82) is 5.26 Å². The van der Waals surface area contributed by atoms with Crippen molar-refractivity contribution in [2.75, 3.05) is 27.1 Å². The Bertz CT molecular complexity index is 1200. The molecule has 0 amide bonds. The highest BCUT2D eigenvalue weighted by Gasteiger charge is 2.19. The largest absolute Gasteiger partial charge is 0.497 e. The third-order valence-corrected chi connectivity index (χ3v) is 5.30. The van der Waals surface area contributed by atoms with Crippen LogP contribution >= 0.6 is 11.8 Å². The van der Waals surface area contributed by atoms with Crippen molar-refractivity contribution in [2.24, 2.45) is 0 Å². The van der Waals surface area contributed by atoms with Gasteiger partial charge >= 0.3 is 0 Å². The smallest absolute Gasteiger partial charge is 0.270 e. The molecule has 0 radical (unpaired) electrons. The normalized spacial score (nSPS) is 10.3. The van der Waals surface area contributed by atoms with E-state index < -0.39 is 5.56 Å². The van der Waals surface area contributed by atoms with Gasteiger partial charge in [0.1, 0.15) is 34.6 Å². The number of hydrogen-bond acceptors (Lipinski definition) is 8. The van der Waals surface area contributed by atoms with Gasteiger partial charge in [0.15, 0.2) is 10.9 Å². The molecule has 0 aliphatic heterocycles. The fraction of sp³-hybridized carbons (Fsp3) is 0.182. The molecule has 0 saturated heterocycles. The molecule has 1 aromatic heterocycles. The number of aromatic nitrogens is 2. The number of ether oxygens (including phenoxy) is 3. The summed E-state index contributed by atoms with van der Waals surface area (Å²) in [7, 11) is 4.54. The number of rotatable bonds is 8. The Morgan fingerprint density at radius 3 is 2.35 bits per heavy atom. The number of Topliss-reactive ketones (excluding diaryl/α,β-unsaturated/α-hetero) is 1. The van der Waals surface area contributed by atoms with E-state index in [1.54, 1.807) is 49.6 Å². The first-order valence-corrected chi connectivity index (χ1v) is 10.1. The van der Waals surface area contributed by atoms with Crippen LogP contribution in [0.2, 0.25) is 0 Å². The zero-order valence-electron chi connectivity index (χ0n) is 17.1. The van der Waals surface area contributed by atoms with Crippen molar-refractivity contribution < 1.29 is 19.0 Å². The standard InChI is InChI=1S/C22H19N3O5S/c1-28-14-6-4-13(5-7-14)18(26)12-31-22-24-20(17(11-23)21(27)25-22)16-10-15(29-2)8-9-19(16)30-3/h4-10H,12H2,1-3H3,(H,24,25,27). The van der Waals surface area contributed by atoms with Crippen LogP contribution in [0.15, 0.2) is 52.4 Å². The summed E-state index contributed by atoms with van der Waals surface area (Å²) in [6, 6.07) is 13.6. The molecule has 3 rings (SSSR count). The Labute approximate surface area is 182 Å². The molecule has 9 heteroatoms. The summed E-state index contributed by atoms with van der Waals surface area (Å²) >= 11 is 1.07. The number of methoxy groups -OCH3 is 3. The van der Waals surface area contributed by atoms with Crippen LogP contribution < -0.4 is 19.8 Å². The van der Waals surface area contributed by atoms with Crippen LogP contribution in [0.4, 0.5) is 0 Å². The number of thioether (sulfide) groups is 1. The zero-order chi connectivity index (χ0) is 22.4. The molecule has 0 aliphatic rings. The molecule has 0 bridgehead atoms. The molecule has 0 fully saturated rings. The maximum Gasteiger partial charge on any atom is 0.270 e. The van der Waals surface area contributed by atoms with Gasteiger partial charge in [-0.15, -0.1) is 0 Å². The van der Waals surface area contributed by atoms with E-state index in [0.29, 0.717) is 28.4 Å². The monoisotopic (exact) mass is 437 g/mol. The van der Waals surface area contributed by atoms with E-state index in [1.807, 2.05) is 6.07 Å². The quantitative estimate of drug-likeness (QED) is 0.324. The van der Waals surface area contributed by atoms with Crippen molar-refractivity contribution in [2.45, 2.75) is 5.16 Å². The number of benzene rings is 2. The van der Waals surface area contributed by atoms with Crippen LogP contribution in [0.1, 0.15) is 15.9 Å². The first kappa shape index (κ1) is 21.9. The Morgan fingerprint density at radius 1 is 1.06 bits per heavy atom. The fourth-order valence-electron chi connectivity index (χ4n) is 2.81. The minimum atomic E-state index is -0.600.